The van der Waals surface area contributed by atoms with Crippen molar-refractivity contribution >= 4 is 40.2 Å². The Balaban J connectivity index is 0.000000159. The van der Waals surface area contributed by atoms with Gasteiger partial charge in [0.15, 0.2) is 11.5 Å². The molecule has 4 aromatic rings. The summed E-state index contributed by atoms with van der Waals surface area (Å²) in [6, 6.07) is 14.1. The molecule has 11 rings (SSSR count). The fourth-order valence-electron chi connectivity index (χ4n) is 12.9. The SMILES string of the molecule is CN1CC(=O)N2[C@H](c3ccc4c(c3)OCO4)c3[nH]c4ccccc4c3C[C@@H]2C1=O.C[C@]12C=CC(=O)N[C@@H]1CC[C@@H]1[C@@H]2CC[C@]2(C)[C@@H](C(=O)Nc3cc(C(F)(F)F)ccc3C(F)(F)F)CC[C@@H]12. The van der Waals surface area contributed by atoms with Crippen molar-refractivity contribution in [3.63, 3.8) is 0 Å². The number of aromatic nitrogens is 1. The Kier molecular flexibility index (Phi) is 10.3. The van der Waals surface area contributed by atoms with Gasteiger partial charge in [0.25, 0.3) is 0 Å². The van der Waals surface area contributed by atoms with Crippen LogP contribution in [0.3, 0.4) is 0 Å². The Morgan fingerprint density at radius 2 is 1.64 bits per heavy atom. The number of alkyl halides is 6. The predicted molar refractivity (Wildman–Crippen MR) is 229 cm³/mol. The number of amides is 4. The molecule has 5 heterocycles. The molecule has 3 aliphatic carbocycles. The summed E-state index contributed by atoms with van der Waals surface area (Å²) in [6.07, 6.45) is -1.22. The molecular formula is C49H49F6N5O6. The van der Waals surface area contributed by atoms with Gasteiger partial charge in [0.2, 0.25) is 30.4 Å². The quantitative estimate of drug-likeness (QED) is 0.176. The van der Waals surface area contributed by atoms with Crippen LogP contribution >= 0.6 is 0 Å². The van der Waals surface area contributed by atoms with E-state index in [1.54, 1.807) is 18.0 Å². The number of hydrogen-bond donors (Lipinski definition) is 3. The Hall–Kier alpha value is -6.00. The first-order valence-corrected chi connectivity index (χ1v) is 22.4. The van der Waals surface area contributed by atoms with Crippen LogP contribution in [0.5, 0.6) is 11.5 Å². The Morgan fingerprint density at radius 1 is 0.864 bits per heavy atom. The molecule has 1 aromatic heterocycles. The number of halogens is 6. The zero-order chi connectivity index (χ0) is 46.7. The molecule has 4 fully saturated rings. The highest BCUT2D eigenvalue weighted by Crippen LogP contribution is 2.65. The van der Waals surface area contributed by atoms with Gasteiger partial charge >= 0.3 is 12.4 Å². The average molecular weight is 918 g/mol. The molecule has 3 aromatic carbocycles. The summed E-state index contributed by atoms with van der Waals surface area (Å²) in [6.45, 7) is 4.45. The van der Waals surface area contributed by atoms with E-state index in [0.29, 0.717) is 60.8 Å². The van der Waals surface area contributed by atoms with Crippen LogP contribution < -0.4 is 20.1 Å². The van der Waals surface area contributed by atoms with Gasteiger partial charge in [-0.3, -0.25) is 19.2 Å². The van der Waals surface area contributed by atoms with Gasteiger partial charge in [-0.05, 0) is 115 Å². The number of anilines is 1. The van der Waals surface area contributed by atoms with Crippen LogP contribution in [0, 0.1) is 34.5 Å². The van der Waals surface area contributed by atoms with Gasteiger partial charge in [-0.2, -0.15) is 26.3 Å². The second-order valence-electron chi connectivity index (χ2n) is 19.4. The first-order chi connectivity index (χ1) is 31.3. The number of carbonyl (C=O) groups excluding carboxylic acids is 4. The van der Waals surface area contributed by atoms with Crippen molar-refractivity contribution in [2.75, 3.05) is 25.7 Å². The molecule has 0 unspecified atom stereocenters. The highest BCUT2D eigenvalue weighted by molar-refractivity contribution is 5.98. The first kappa shape index (κ1) is 43.9. The molecule has 4 amide bonds. The highest BCUT2D eigenvalue weighted by atomic mass is 19.4. The summed E-state index contributed by atoms with van der Waals surface area (Å²) in [4.78, 5) is 58.2. The van der Waals surface area contributed by atoms with Crippen LogP contribution in [0.15, 0.2) is 72.8 Å². The lowest BCUT2D eigenvalue weighted by Gasteiger charge is -2.58. The Bertz CT molecular complexity index is 2700. The zero-order valence-electron chi connectivity index (χ0n) is 36.4. The van der Waals surface area contributed by atoms with Gasteiger partial charge < -0.3 is 34.9 Å². The summed E-state index contributed by atoms with van der Waals surface area (Å²) in [5.41, 5.74) is -0.0844. The first-order valence-electron chi connectivity index (χ1n) is 22.4. The van der Waals surface area contributed by atoms with Crippen LogP contribution in [0.25, 0.3) is 10.9 Å². The molecule has 0 radical (unpaired) electrons. The number of aromatic amines is 1. The van der Waals surface area contributed by atoms with Gasteiger partial charge in [0.05, 0.1) is 29.4 Å². The Labute approximate surface area is 376 Å². The van der Waals surface area contributed by atoms with Crippen LogP contribution in [-0.2, 0) is 38.0 Å². The van der Waals surface area contributed by atoms with E-state index in [0.717, 1.165) is 53.4 Å². The number of piperazine rings is 1. The number of carbonyl (C=O) groups is 4. The molecule has 0 bridgehead atoms. The fourth-order valence-corrected chi connectivity index (χ4v) is 12.9. The van der Waals surface area contributed by atoms with Crippen molar-refractivity contribution in [1.82, 2.24) is 20.1 Å². The smallest absolute Gasteiger partial charge is 0.418 e. The van der Waals surface area contributed by atoms with E-state index < -0.39 is 52.4 Å². The lowest BCUT2D eigenvalue weighted by atomic mass is 9.48. The normalized spacial score (nSPS) is 30.9. The molecule has 17 heteroatoms. The van der Waals surface area contributed by atoms with Crippen molar-refractivity contribution in [2.45, 2.75) is 89.3 Å². The molecule has 66 heavy (non-hydrogen) atoms. The van der Waals surface area contributed by atoms with Crippen molar-refractivity contribution in [2.24, 2.45) is 34.5 Å². The van der Waals surface area contributed by atoms with E-state index in [9.17, 15) is 45.5 Å². The zero-order valence-corrected chi connectivity index (χ0v) is 36.4. The number of ether oxygens (including phenoxy) is 2. The van der Waals surface area contributed by atoms with Gasteiger partial charge in [-0.15, -0.1) is 0 Å². The summed E-state index contributed by atoms with van der Waals surface area (Å²) in [7, 11) is 1.69. The van der Waals surface area contributed by atoms with Gasteiger partial charge in [-0.1, -0.05) is 44.2 Å². The summed E-state index contributed by atoms with van der Waals surface area (Å²) in [5, 5.41) is 6.43. The molecule has 1 saturated heterocycles. The van der Waals surface area contributed by atoms with Crippen LogP contribution in [0.4, 0.5) is 32.0 Å². The predicted octanol–water partition coefficient (Wildman–Crippen LogP) is 8.79. The third kappa shape index (κ3) is 7.09. The van der Waals surface area contributed by atoms with Crippen LogP contribution in [-0.4, -0.2) is 70.9 Å². The van der Waals surface area contributed by atoms with E-state index in [1.807, 2.05) is 49.4 Å². The summed E-state index contributed by atoms with van der Waals surface area (Å²) >= 11 is 0. The lowest BCUT2D eigenvalue weighted by Crippen LogP contribution is -2.62. The topological polar surface area (TPSA) is 133 Å². The number of fused-ring (bicyclic) bond motifs is 10. The molecule has 9 atom stereocenters. The number of likely N-dealkylation sites (N-methyl/N-ethyl adjacent to an activating group) is 1. The maximum atomic E-state index is 13.6. The number of nitrogens with one attached hydrogen (secondary N) is 3. The van der Waals surface area contributed by atoms with Gasteiger partial charge in [-0.25, -0.2) is 0 Å². The molecule has 3 saturated carbocycles. The maximum absolute atomic E-state index is 13.6. The van der Waals surface area contributed by atoms with Crippen molar-refractivity contribution in [1.29, 1.82) is 0 Å². The van der Waals surface area contributed by atoms with Crippen molar-refractivity contribution in [3.8, 4) is 11.5 Å². The van der Waals surface area contributed by atoms with E-state index in [-0.39, 0.29) is 54.5 Å². The number of rotatable bonds is 3. The fraction of sp³-hybridized carbons (Fsp3) is 0.469. The molecule has 3 N–H and O–H groups in total. The van der Waals surface area contributed by atoms with E-state index in [1.165, 1.54) is 4.90 Å². The third-order valence-corrected chi connectivity index (χ3v) is 16.1. The monoisotopic (exact) mass is 917 g/mol. The third-order valence-electron chi connectivity index (χ3n) is 16.1. The van der Waals surface area contributed by atoms with Crippen LogP contribution in [0.2, 0.25) is 0 Å². The summed E-state index contributed by atoms with van der Waals surface area (Å²) < 4.78 is 91.4. The van der Waals surface area contributed by atoms with E-state index in [2.05, 4.69) is 28.6 Å². The average Bonchev–Trinajstić information content (AvgIpc) is 3.99. The highest BCUT2D eigenvalue weighted by Gasteiger charge is 2.61. The standard InChI is InChI=1S/C27H30F6N2O2.C22H19N3O4/c1-24-11-9-17-15(4-8-21-25(17,2)12-10-22(36)35-21)16(24)6-7-19(24)23(37)34-20-13-14(26(28,29)30)3-5-18(20)27(31,32)33;1-24-10-19(26)25-16(22(24)27)9-14-13-4-2-3-5-15(13)23-20(14)21(25)12-6-7-17-18(8-12)29-11-28-17/h3,5,10,12-13,15-17,19,21H,4,6-9,11H2,1-2H3,(H,34,37)(H,35,36);2-8,16,21,23H,9-11H2,1H3/t15-,16-,17-,19+,21+,24-,25+;16-,21-/m01/s1. The molecule has 7 aliphatic rings. The van der Waals surface area contributed by atoms with E-state index >= 15 is 0 Å². The minimum atomic E-state index is -4.91. The second kappa shape index (κ2) is 15.5. The number of para-hydroxylation sites is 1. The number of nitrogens with zero attached hydrogens (tertiary/aromatic N) is 2. The van der Waals surface area contributed by atoms with Crippen molar-refractivity contribution < 1.29 is 55.0 Å². The molecule has 348 valence electrons. The molecular weight excluding hydrogens is 869 g/mol. The van der Waals surface area contributed by atoms with Gasteiger partial charge in [0, 0.05) is 47.4 Å². The lowest BCUT2D eigenvalue weighted by molar-refractivity contribution is -0.157. The van der Waals surface area contributed by atoms with Crippen molar-refractivity contribution in [3.05, 3.63) is 101 Å². The van der Waals surface area contributed by atoms with Gasteiger partial charge in [0.1, 0.15) is 6.04 Å². The largest absolute Gasteiger partial charge is 0.454 e. The maximum Gasteiger partial charge on any atom is 0.418 e. The molecule has 0 spiro atoms. The minimum absolute atomic E-state index is 0.0220. The Morgan fingerprint density at radius 3 is 2.41 bits per heavy atom. The van der Waals surface area contributed by atoms with E-state index in [4.69, 9.17) is 9.47 Å². The number of benzene rings is 3. The molecule has 4 aliphatic heterocycles. The van der Waals surface area contributed by atoms with Crippen LogP contribution in [0.1, 0.15) is 86.4 Å². The molecule has 11 nitrogen and oxygen atoms in total. The minimum Gasteiger partial charge on any atom is -0.454 e. The number of hydrogen-bond acceptors (Lipinski definition) is 6. The number of H-pyrrole nitrogens is 1. The second-order valence-corrected chi connectivity index (χ2v) is 19.4. The summed E-state index contributed by atoms with van der Waals surface area (Å²) in [5.74, 6) is 0.727.